The Kier molecular flexibility index (Phi) is 2.44. The summed E-state index contributed by atoms with van der Waals surface area (Å²) in [5.74, 6) is 0.816. The van der Waals surface area contributed by atoms with Crippen LogP contribution in [0.15, 0.2) is 29.3 Å². The van der Waals surface area contributed by atoms with Crippen molar-refractivity contribution in [1.29, 1.82) is 0 Å². The Morgan fingerprint density at radius 2 is 1.88 bits per heavy atom. The van der Waals surface area contributed by atoms with Crippen LogP contribution in [0.2, 0.25) is 0 Å². The van der Waals surface area contributed by atoms with Gasteiger partial charge in [-0.05, 0) is 30.9 Å². The van der Waals surface area contributed by atoms with E-state index in [9.17, 15) is 0 Å². The van der Waals surface area contributed by atoms with Crippen molar-refractivity contribution < 1.29 is 0 Å². The minimum absolute atomic E-state index is 0.0444. The molecule has 0 aliphatic carbocycles. The summed E-state index contributed by atoms with van der Waals surface area (Å²) in [7, 11) is 0. The monoisotopic (exact) mass is 229 g/mol. The lowest BCUT2D eigenvalue weighted by Crippen LogP contribution is -2.55. The van der Waals surface area contributed by atoms with Gasteiger partial charge in [0.1, 0.15) is 5.84 Å². The van der Waals surface area contributed by atoms with Crippen molar-refractivity contribution in [3.05, 3.63) is 35.4 Å². The Labute approximate surface area is 102 Å². The molecule has 0 aromatic heterocycles. The minimum atomic E-state index is -0.0444. The van der Waals surface area contributed by atoms with Crippen molar-refractivity contribution in [3.63, 3.8) is 0 Å². The molecule has 1 aromatic carbocycles. The zero-order chi connectivity index (χ0) is 11.9. The maximum atomic E-state index is 6.14. The summed E-state index contributed by atoms with van der Waals surface area (Å²) in [6.45, 7) is 5.13. The van der Waals surface area contributed by atoms with Gasteiger partial charge in [0.25, 0.3) is 0 Å². The molecule has 0 bridgehead atoms. The highest BCUT2D eigenvalue weighted by Gasteiger charge is 2.39. The molecule has 1 aromatic rings. The SMILES string of the molecule is CC1(N2Cc3ccccc3C2)CCCN=C1N. The number of aliphatic imine (C=N–C) groups is 1. The van der Waals surface area contributed by atoms with E-state index in [4.69, 9.17) is 5.73 Å². The minimum Gasteiger partial charge on any atom is -0.386 e. The zero-order valence-corrected chi connectivity index (χ0v) is 10.3. The number of rotatable bonds is 1. The Hall–Kier alpha value is -1.35. The molecule has 2 heterocycles. The predicted octanol–water partition coefficient (Wildman–Crippen LogP) is 1.91. The fraction of sp³-hybridized carbons (Fsp3) is 0.500. The number of benzene rings is 1. The number of fused-ring (bicyclic) bond motifs is 1. The molecule has 0 saturated carbocycles. The van der Waals surface area contributed by atoms with Crippen molar-refractivity contribution in [2.24, 2.45) is 10.7 Å². The second kappa shape index (κ2) is 3.84. The van der Waals surface area contributed by atoms with Crippen molar-refractivity contribution >= 4 is 5.84 Å². The van der Waals surface area contributed by atoms with Gasteiger partial charge in [-0.1, -0.05) is 24.3 Å². The molecule has 2 aliphatic heterocycles. The van der Waals surface area contributed by atoms with Crippen LogP contribution in [0.4, 0.5) is 0 Å². The fourth-order valence-electron chi connectivity index (χ4n) is 2.92. The van der Waals surface area contributed by atoms with Gasteiger partial charge in [0.15, 0.2) is 0 Å². The normalized spacial score (nSPS) is 28.9. The molecule has 1 atom stereocenters. The first-order valence-electron chi connectivity index (χ1n) is 6.32. The molecule has 0 fully saturated rings. The molecular formula is C14H19N3. The number of hydrogen-bond donors (Lipinski definition) is 1. The summed E-state index contributed by atoms with van der Waals surface area (Å²) < 4.78 is 0. The fourth-order valence-corrected chi connectivity index (χ4v) is 2.92. The highest BCUT2D eigenvalue weighted by Crippen LogP contribution is 2.33. The standard InChI is InChI=1S/C14H19N3/c1-14(7-4-8-16-13(14)15)17-9-11-5-2-3-6-12(11)10-17/h2-3,5-6H,4,7-10H2,1H3,(H2,15,16). The van der Waals surface area contributed by atoms with Gasteiger partial charge < -0.3 is 5.73 Å². The van der Waals surface area contributed by atoms with Crippen LogP contribution < -0.4 is 5.73 Å². The highest BCUT2D eigenvalue weighted by molar-refractivity contribution is 5.90. The Balaban J connectivity index is 1.89. The summed E-state index contributed by atoms with van der Waals surface area (Å²) in [4.78, 5) is 6.91. The molecule has 0 saturated heterocycles. The number of nitrogens with two attached hydrogens (primary N) is 1. The molecule has 17 heavy (non-hydrogen) atoms. The van der Waals surface area contributed by atoms with Gasteiger partial charge in [0, 0.05) is 19.6 Å². The second-order valence-corrected chi connectivity index (χ2v) is 5.27. The maximum Gasteiger partial charge on any atom is 0.114 e. The smallest absolute Gasteiger partial charge is 0.114 e. The molecular weight excluding hydrogens is 210 g/mol. The average Bonchev–Trinajstić information content (AvgIpc) is 2.77. The van der Waals surface area contributed by atoms with Crippen LogP contribution in [0, 0.1) is 0 Å². The van der Waals surface area contributed by atoms with E-state index in [0.29, 0.717) is 0 Å². The number of nitrogens with zero attached hydrogens (tertiary/aromatic N) is 2. The third kappa shape index (κ3) is 1.65. The van der Waals surface area contributed by atoms with E-state index in [1.807, 2.05) is 0 Å². The van der Waals surface area contributed by atoms with Gasteiger partial charge in [0.2, 0.25) is 0 Å². The third-order valence-electron chi connectivity index (χ3n) is 4.19. The molecule has 0 amide bonds. The summed E-state index contributed by atoms with van der Waals surface area (Å²) in [5, 5.41) is 0. The van der Waals surface area contributed by atoms with E-state index in [2.05, 4.69) is 41.1 Å². The molecule has 90 valence electrons. The van der Waals surface area contributed by atoms with Gasteiger partial charge in [-0.25, -0.2) is 0 Å². The van der Waals surface area contributed by atoms with Crippen molar-refractivity contribution in [2.75, 3.05) is 6.54 Å². The first-order chi connectivity index (χ1) is 8.20. The first-order valence-corrected chi connectivity index (χ1v) is 6.32. The summed E-state index contributed by atoms with van der Waals surface area (Å²) in [5.41, 5.74) is 8.97. The molecule has 2 N–H and O–H groups in total. The molecule has 1 unspecified atom stereocenters. The average molecular weight is 229 g/mol. The van der Waals surface area contributed by atoms with Crippen molar-refractivity contribution in [2.45, 2.75) is 38.4 Å². The van der Waals surface area contributed by atoms with Crippen LogP contribution in [0.3, 0.4) is 0 Å². The summed E-state index contributed by atoms with van der Waals surface area (Å²) in [6.07, 6.45) is 2.26. The van der Waals surface area contributed by atoms with Crippen molar-refractivity contribution in [3.8, 4) is 0 Å². The molecule has 3 rings (SSSR count). The van der Waals surface area contributed by atoms with E-state index in [0.717, 1.165) is 38.3 Å². The number of amidine groups is 1. The van der Waals surface area contributed by atoms with Gasteiger partial charge in [0.05, 0.1) is 5.54 Å². The molecule has 2 aliphatic rings. The van der Waals surface area contributed by atoms with E-state index < -0.39 is 0 Å². The highest BCUT2D eigenvalue weighted by atomic mass is 15.2. The van der Waals surface area contributed by atoms with Crippen LogP contribution in [-0.2, 0) is 13.1 Å². The summed E-state index contributed by atoms with van der Waals surface area (Å²) in [6, 6.07) is 8.66. The van der Waals surface area contributed by atoms with Crippen LogP contribution >= 0.6 is 0 Å². The Bertz CT molecular complexity index is 441. The van der Waals surface area contributed by atoms with E-state index in [-0.39, 0.29) is 5.54 Å². The lowest BCUT2D eigenvalue weighted by Gasteiger charge is -2.40. The number of hydrogen-bond acceptors (Lipinski definition) is 3. The Morgan fingerprint density at radius 1 is 1.24 bits per heavy atom. The van der Waals surface area contributed by atoms with Crippen LogP contribution in [0.25, 0.3) is 0 Å². The lowest BCUT2D eigenvalue weighted by atomic mass is 9.90. The quantitative estimate of drug-likeness (QED) is 0.799. The topological polar surface area (TPSA) is 41.6 Å². The van der Waals surface area contributed by atoms with E-state index >= 15 is 0 Å². The largest absolute Gasteiger partial charge is 0.386 e. The maximum absolute atomic E-state index is 6.14. The summed E-state index contributed by atoms with van der Waals surface area (Å²) >= 11 is 0. The zero-order valence-electron chi connectivity index (χ0n) is 10.3. The van der Waals surface area contributed by atoms with Crippen LogP contribution in [0.5, 0.6) is 0 Å². The van der Waals surface area contributed by atoms with Gasteiger partial charge in [-0.2, -0.15) is 0 Å². The predicted molar refractivity (Wildman–Crippen MR) is 69.8 cm³/mol. The molecule has 3 heteroatoms. The third-order valence-corrected chi connectivity index (χ3v) is 4.19. The van der Waals surface area contributed by atoms with E-state index in [1.165, 1.54) is 11.1 Å². The Morgan fingerprint density at radius 3 is 2.47 bits per heavy atom. The van der Waals surface area contributed by atoms with E-state index in [1.54, 1.807) is 0 Å². The first kappa shape index (κ1) is 10.8. The van der Waals surface area contributed by atoms with Gasteiger partial charge in [-0.15, -0.1) is 0 Å². The molecule has 3 nitrogen and oxygen atoms in total. The van der Waals surface area contributed by atoms with Gasteiger partial charge in [-0.3, -0.25) is 9.89 Å². The van der Waals surface area contributed by atoms with Crippen molar-refractivity contribution in [1.82, 2.24) is 4.90 Å². The van der Waals surface area contributed by atoms with Gasteiger partial charge >= 0.3 is 0 Å². The van der Waals surface area contributed by atoms with Crippen LogP contribution in [0.1, 0.15) is 30.9 Å². The van der Waals surface area contributed by atoms with Crippen LogP contribution in [-0.4, -0.2) is 22.8 Å². The molecule has 0 spiro atoms. The second-order valence-electron chi connectivity index (χ2n) is 5.27. The molecule has 0 radical (unpaired) electrons. The lowest BCUT2D eigenvalue weighted by molar-refractivity contribution is 0.145.